The van der Waals surface area contributed by atoms with Gasteiger partial charge in [0.15, 0.2) is 0 Å². The number of rotatable bonds is 8. The number of fused-ring (bicyclic) bond motifs is 2. The topological polar surface area (TPSA) is 123 Å². The number of amides is 2. The average Bonchev–Trinajstić information content (AvgIpc) is 3.43. The number of carbonyl (C=O) groups is 2. The van der Waals surface area contributed by atoms with Gasteiger partial charge in [-0.25, -0.2) is 4.39 Å². The van der Waals surface area contributed by atoms with Gasteiger partial charge in [-0.1, -0.05) is 41.4 Å². The molecule has 0 aromatic heterocycles. The molecule has 2 amide bonds. The third kappa shape index (κ3) is 5.20. The summed E-state index contributed by atoms with van der Waals surface area (Å²) >= 11 is 12.5. The van der Waals surface area contributed by atoms with Gasteiger partial charge in [-0.3, -0.25) is 9.59 Å². The molecule has 0 bridgehead atoms. The van der Waals surface area contributed by atoms with Crippen LogP contribution in [0.4, 0.5) is 15.8 Å². The Bertz CT molecular complexity index is 1580. The van der Waals surface area contributed by atoms with Crippen molar-refractivity contribution in [3.05, 3.63) is 87.7 Å². The number of ether oxygens (including phenoxy) is 1. The molecule has 11 heteroatoms. The Morgan fingerprint density at radius 1 is 1.19 bits per heavy atom. The van der Waals surface area contributed by atoms with Crippen molar-refractivity contribution in [1.82, 2.24) is 5.32 Å². The van der Waals surface area contributed by atoms with Crippen LogP contribution in [0.2, 0.25) is 10.0 Å². The van der Waals surface area contributed by atoms with E-state index < -0.39 is 46.5 Å². The lowest BCUT2D eigenvalue weighted by Crippen LogP contribution is -2.50. The Kier molecular flexibility index (Phi) is 8.19. The predicted molar refractivity (Wildman–Crippen MR) is 158 cm³/mol. The normalized spacial score (nSPS) is 22.9. The highest BCUT2D eigenvalue weighted by Crippen LogP contribution is 2.57. The molecule has 8 nitrogen and oxygen atoms in total. The summed E-state index contributed by atoms with van der Waals surface area (Å²) in [6, 6.07) is 16.5. The zero-order chi connectivity index (χ0) is 30.2. The molecular formula is C31H29Cl2FN4O4. The van der Waals surface area contributed by atoms with Crippen LogP contribution in [0, 0.1) is 22.6 Å². The second kappa shape index (κ2) is 11.5. The predicted octanol–water partition coefficient (Wildman–Crippen LogP) is 5.40. The molecule has 0 saturated carbocycles. The van der Waals surface area contributed by atoms with Crippen molar-refractivity contribution in [1.29, 1.82) is 5.26 Å². The van der Waals surface area contributed by atoms with E-state index in [4.69, 9.17) is 33.0 Å². The van der Waals surface area contributed by atoms with Crippen LogP contribution in [-0.2, 0) is 15.0 Å². The van der Waals surface area contributed by atoms with Gasteiger partial charge in [-0.2, -0.15) is 5.26 Å². The van der Waals surface area contributed by atoms with Gasteiger partial charge >= 0.3 is 0 Å². The van der Waals surface area contributed by atoms with Gasteiger partial charge in [0.05, 0.1) is 29.2 Å². The summed E-state index contributed by atoms with van der Waals surface area (Å²) < 4.78 is 21.3. The van der Waals surface area contributed by atoms with Crippen molar-refractivity contribution in [2.75, 3.05) is 23.8 Å². The molecular weight excluding hydrogens is 582 g/mol. The maximum absolute atomic E-state index is 15.9. The monoisotopic (exact) mass is 610 g/mol. The lowest BCUT2D eigenvalue weighted by atomic mass is 9.62. The summed E-state index contributed by atoms with van der Waals surface area (Å²) in [5.74, 6) is -2.21. The lowest BCUT2D eigenvalue weighted by Gasteiger charge is -2.37. The fraction of sp³-hybridized carbons (Fsp3) is 0.323. The van der Waals surface area contributed by atoms with Gasteiger partial charge in [0.25, 0.3) is 0 Å². The van der Waals surface area contributed by atoms with Gasteiger partial charge in [0, 0.05) is 28.4 Å². The zero-order valence-corrected chi connectivity index (χ0v) is 24.4. The molecule has 2 aliphatic rings. The number of hydrogen-bond donors (Lipinski definition) is 4. The Morgan fingerprint density at radius 2 is 1.93 bits per heavy atom. The SMILES string of the molecule is CC(C)(C#N)C[C@@H]1N[C@@H](C(=O)Nc2ccc(OCCO)cc2)[C@H](c2cccc(Cl)c2F)[C@]12C(=O)Nc1cc(Cl)ccc12. The molecule has 4 atom stereocenters. The molecule has 1 spiro atoms. The first-order valence-electron chi connectivity index (χ1n) is 13.4. The highest BCUT2D eigenvalue weighted by atomic mass is 35.5. The van der Waals surface area contributed by atoms with E-state index in [-0.39, 0.29) is 30.2 Å². The number of nitriles is 1. The minimum Gasteiger partial charge on any atom is -0.491 e. The molecule has 3 aromatic rings. The van der Waals surface area contributed by atoms with Crippen LogP contribution < -0.4 is 20.7 Å². The van der Waals surface area contributed by atoms with Crippen molar-refractivity contribution >= 4 is 46.4 Å². The van der Waals surface area contributed by atoms with Crippen molar-refractivity contribution in [3.8, 4) is 11.8 Å². The van der Waals surface area contributed by atoms with Gasteiger partial charge in [-0.15, -0.1) is 0 Å². The summed E-state index contributed by atoms with van der Waals surface area (Å²) in [4.78, 5) is 28.2. The quantitative estimate of drug-likeness (QED) is 0.271. The van der Waals surface area contributed by atoms with Crippen molar-refractivity contribution in [2.45, 2.75) is 43.7 Å². The zero-order valence-electron chi connectivity index (χ0n) is 22.9. The van der Waals surface area contributed by atoms with Gasteiger partial charge in [0.1, 0.15) is 23.6 Å². The van der Waals surface area contributed by atoms with E-state index in [0.29, 0.717) is 27.7 Å². The van der Waals surface area contributed by atoms with Crippen LogP contribution in [-0.4, -0.2) is 42.2 Å². The number of halogens is 3. The highest BCUT2D eigenvalue weighted by Gasteiger charge is 2.66. The number of nitrogens with one attached hydrogen (secondary N) is 3. The second-order valence-corrected chi connectivity index (χ2v) is 12.0. The minimum atomic E-state index is -1.48. The number of hydrogen-bond acceptors (Lipinski definition) is 6. The summed E-state index contributed by atoms with van der Waals surface area (Å²) in [5.41, 5.74) is -0.828. The van der Waals surface area contributed by atoms with Crippen molar-refractivity contribution in [2.24, 2.45) is 5.41 Å². The Labute approximate surface area is 252 Å². The van der Waals surface area contributed by atoms with Crippen LogP contribution in [0.15, 0.2) is 60.7 Å². The van der Waals surface area contributed by atoms with Crippen LogP contribution in [0.5, 0.6) is 5.75 Å². The van der Waals surface area contributed by atoms with Crippen molar-refractivity contribution < 1.29 is 23.8 Å². The van der Waals surface area contributed by atoms with E-state index in [1.54, 1.807) is 62.4 Å². The molecule has 0 unspecified atom stereocenters. The fourth-order valence-corrected chi connectivity index (χ4v) is 6.47. The lowest BCUT2D eigenvalue weighted by molar-refractivity contribution is -0.122. The Balaban J connectivity index is 1.65. The molecule has 42 heavy (non-hydrogen) atoms. The number of aliphatic hydroxyl groups is 1. The van der Waals surface area contributed by atoms with Gasteiger partial charge < -0.3 is 25.8 Å². The van der Waals surface area contributed by atoms with Crippen LogP contribution >= 0.6 is 23.2 Å². The van der Waals surface area contributed by atoms with Crippen molar-refractivity contribution in [3.63, 3.8) is 0 Å². The third-order valence-corrected chi connectivity index (χ3v) is 8.43. The van der Waals surface area contributed by atoms with E-state index in [1.165, 1.54) is 12.1 Å². The Hall–Kier alpha value is -3.68. The largest absolute Gasteiger partial charge is 0.491 e. The summed E-state index contributed by atoms with van der Waals surface area (Å²) in [7, 11) is 0. The summed E-state index contributed by atoms with van der Waals surface area (Å²) in [5, 5.41) is 28.3. The van der Waals surface area contributed by atoms with Crippen LogP contribution in [0.1, 0.15) is 37.3 Å². The first kappa shape index (κ1) is 29.8. The Morgan fingerprint density at radius 3 is 2.62 bits per heavy atom. The van der Waals surface area contributed by atoms with E-state index >= 15 is 4.39 Å². The number of nitrogens with zero attached hydrogens (tertiary/aromatic N) is 1. The first-order chi connectivity index (χ1) is 20.0. The number of benzene rings is 3. The molecule has 1 fully saturated rings. The minimum absolute atomic E-state index is 0.0955. The summed E-state index contributed by atoms with van der Waals surface area (Å²) in [6.07, 6.45) is 0.179. The van der Waals surface area contributed by atoms with Gasteiger partial charge in [-0.05, 0) is 73.9 Å². The van der Waals surface area contributed by atoms with E-state index in [0.717, 1.165) is 0 Å². The smallest absolute Gasteiger partial charge is 0.242 e. The standard InChI is InChI=1S/C31H29Cl2FN4O4/c1-30(2,16-35)15-24-31(21-11-6-17(32)14-23(21)37-29(31)41)25(20-4-3-5-22(33)26(20)34)27(38-24)28(40)36-18-7-9-19(10-8-18)42-13-12-39/h3-11,14,24-25,27,38-39H,12-13,15H2,1-2H3,(H,36,40)(H,37,41)/t24-,25-,27+,31+/m0/s1. The average molecular weight is 612 g/mol. The third-order valence-electron chi connectivity index (χ3n) is 7.90. The molecule has 4 N–H and O–H groups in total. The number of carbonyl (C=O) groups excluding carboxylic acids is 2. The number of aliphatic hydroxyl groups excluding tert-OH is 1. The van der Waals surface area contributed by atoms with E-state index in [9.17, 15) is 14.9 Å². The first-order valence-corrected chi connectivity index (χ1v) is 14.1. The molecule has 0 aliphatic carbocycles. The molecule has 2 aliphatic heterocycles. The molecule has 0 radical (unpaired) electrons. The molecule has 218 valence electrons. The fourth-order valence-electron chi connectivity index (χ4n) is 6.11. The van der Waals surface area contributed by atoms with Crippen LogP contribution in [0.25, 0.3) is 0 Å². The second-order valence-electron chi connectivity index (χ2n) is 11.1. The maximum atomic E-state index is 15.9. The van der Waals surface area contributed by atoms with E-state index in [1.807, 2.05) is 0 Å². The molecule has 1 saturated heterocycles. The summed E-state index contributed by atoms with van der Waals surface area (Å²) in [6.45, 7) is 3.49. The van der Waals surface area contributed by atoms with E-state index in [2.05, 4.69) is 22.0 Å². The molecule has 5 rings (SSSR count). The van der Waals surface area contributed by atoms with Crippen LogP contribution in [0.3, 0.4) is 0 Å². The molecule has 3 aromatic carbocycles. The molecule has 2 heterocycles. The highest BCUT2D eigenvalue weighted by molar-refractivity contribution is 6.31. The van der Waals surface area contributed by atoms with Gasteiger partial charge in [0.2, 0.25) is 11.8 Å². The maximum Gasteiger partial charge on any atom is 0.242 e. The number of anilines is 2.